The van der Waals surface area contributed by atoms with Crippen LogP contribution in [0.1, 0.15) is 13.3 Å². The predicted octanol–water partition coefficient (Wildman–Crippen LogP) is 2.08. The zero-order chi connectivity index (χ0) is 15.8. The van der Waals surface area contributed by atoms with Crippen LogP contribution in [0.15, 0.2) is 28.6 Å². The Morgan fingerprint density at radius 2 is 2.23 bits per heavy atom. The second-order valence-corrected chi connectivity index (χ2v) is 10.1. The first-order chi connectivity index (χ1) is 10.4. The van der Waals surface area contributed by atoms with Gasteiger partial charge in [-0.3, -0.25) is 4.79 Å². The van der Waals surface area contributed by atoms with E-state index in [1.165, 1.54) is 11.8 Å². The number of aromatic nitrogens is 1. The van der Waals surface area contributed by atoms with E-state index in [2.05, 4.69) is 10.3 Å². The summed E-state index contributed by atoms with van der Waals surface area (Å²) in [6, 6.07) is 7.84. The number of hydrogen-bond acceptors (Lipinski definition) is 6. The number of para-hydroxylation sites is 1. The van der Waals surface area contributed by atoms with Gasteiger partial charge < -0.3 is 5.32 Å². The molecule has 8 heteroatoms. The number of nitrogens with one attached hydrogen (secondary N) is 1. The summed E-state index contributed by atoms with van der Waals surface area (Å²) in [7, 11) is -3.02. The van der Waals surface area contributed by atoms with E-state index in [9.17, 15) is 13.2 Å². The van der Waals surface area contributed by atoms with Gasteiger partial charge in [0.2, 0.25) is 5.91 Å². The van der Waals surface area contributed by atoms with Crippen LogP contribution in [0.5, 0.6) is 0 Å². The van der Waals surface area contributed by atoms with Crippen LogP contribution in [-0.2, 0) is 14.6 Å². The minimum atomic E-state index is -3.02. The average molecular weight is 356 g/mol. The Hall–Kier alpha value is -1.12. The Balaban J connectivity index is 1.58. The Morgan fingerprint density at radius 3 is 2.91 bits per heavy atom. The maximum atomic E-state index is 12.1. The van der Waals surface area contributed by atoms with Crippen molar-refractivity contribution < 1.29 is 13.2 Å². The third-order valence-corrected chi connectivity index (χ3v) is 7.63. The van der Waals surface area contributed by atoms with Crippen LogP contribution in [0.4, 0.5) is 0 Å². The maximum absolute atomic E-state index is 12.1. The van der Waals surface area contributed by atoms with Gasteiger partial charge in [-0.1, -0.05) is 23.9 Å². The minimum absolute atomic E-state index is 0.0253. The molecular formula is C14H16N2O3S3. The molecule has 0 bridgehead atoms. The predicted molar refractivity (Wildman–Crippen MR) is 90.2 cm³/mol. The number of sulfone groups is 1. The van der Waals surface area contributed by atoms with Crippen molar-refractivity contribution >= 4 is 49.1 Å². The van der Waals surface area contributed by atoms with Gasteiger partial charge in [0.25, 0.3) is 0 Å². The van der Waals surface area contributed by atoms with Crippen molar-refractivity contribution in [1.29, 1.82) is 0 Å². The minimum Gasteiger partial charge on any atom is -0.349 e. The summed E-state index contributed by atoms with van der Waals surface area (Å²) >= 11 is 2.94. The fourth-order valence-electron chi connectivity index (χ4n) is 2.52. The van der Waals surface area contributed by atoms with E-state index < -0.39 is 15.4 Å². The van der Waals surface area contributed by atoms with Crippen molar-refractivity contribution in [3.05, 3.63) is 24.3 Å². The molecule has 1 atom stereocenters. The van der Waals surface area contributed by atoms with Gasteiger partial charge in [0, 0.05) is 0 Å². The van der Waals surface area contributed by atoms with Crippen LogP contribution >= 0.6 is 23.1 Å². The summed E-state index contributed by atoms with van der Waals surface area (Å²) < 4.78 is 25.0. The zero-order valence-electron chi connectivity index (χ0n) is 12.0. The smallest absolute Gasteiger partial charge is 0.230 e. The topological polar surface area (TPSA) is 76.1 Å². The molecule has 1 saturated heterocycles. The number of carbonyl (C=O) groups excluding carboxylic acids is 1. The molecule has 1 aliphatic heterocycles. The summed E-state index contributed by atoms with van der Waals surface area (Å²) in [4.78, 5) is 16.5. The summed E-state index contributed by atoms with van der Waals surface area (Å²) in [6.45, 7) is 1.79. The number of benzene rings is 1. The first kappa shape index (κ1) is 15.8. The van der Waals surface area contributed by atoms with Crippen LogP contribution in [0.25, 0.3) is 10.2 Å². The van der Waals surface area contributed by atoms with Gasteiger partial charge >= 0.3 is 0 Å². The molecule has 1 amide bonds. The monoisotopic (exact) mass is 356 g/mol. The van der Waals surface area contributed by atoms with Gasteiger partial charge in [-0.15, -0.1) is 11.3 Å². The van der Waals surface area contributed by atoms with Crippen LogP contribution in [0.2, 0.25) is 0 Å². The van der Waals surface area contributed by atoms with E-state index >= 15 is 0 Å². The molecule has 118 valence electrons. The number of rotatable bonds is 4. The van der Waals surface area contributed by atoms with Crippen LogP contribution in [0, 0.1) is 0 Å². The van der Waals surface area contributed by atoms with Gasteiger partial charge in [0.15, 0.2) is 14.2 Å². The lowest BCUT2D eigenvalue weighted by Crippen LogP contribution is -2.47. The SMILES string of the molecule is C[C@@]1(NC(=O)CSc2nc3ccccc3s2)CCS(=O)(=O)C1. The van der Waals surface area contributed by atoms with Crippen molar-refractivity contribution in [2.24, 2.45) is 0 Å². The first-order valence-electron chi connectivity index (χ1n) is 6.85. The van der Waals surface area contributed by atoms with Crippen molar-refractivity contribution in [2.75, 3.05) is 17.3 Å². The van der Waals surface area contributed by atoms with Crippen LogP contribution < -0.4 is 5.32 Å². The molecule has 2 heterocycles. The molecule has 0 saturated carbocycles. The Bertz CT molecular complexity index is 783. The van der Waals surface area contributed by atoms with E-state index in [1.54, 1.807) is 18.3 Å². The van der Waals surface area contributed by atoms with E-state index in [4.69, 9.17) is 0 Å². The quantitative estimate of drug-likeness (QED) is 0.849. The molecule has 1 aliphatic rings. The van der Waals surface area contributed by atoms with Crippen molar-refractivity contribution in [3.63, 3.8) is 0 Å². The number of carbonyl (C=O) groups is 1. The lowest BCUT2D eigenvalue weighted by Gasteiger charge is -2.23. The second kappa shape index (κ2) is 5.82. The van der Waals surface area contributed by atoms with Crippen molar-refractivity contribution in [1.82, 2.24) is 10.3 Å². The van der Waals surface area contributed by atoms with Crippen LogP contribution in [-0.4, -0.2) is 42.1 Å². The largest absolute Gasteiger partial charge is 0.349 e. The molecule has 1 aromatic heterocycles. The molecule has 22 heavy (non-hydrogen) atoms. The molecule has 3 rings (SSSR count). The number of nitrogens with zero attached hydrogens (tertiary/aromatic N) is 1. The average Bonchev–Trinajstić information content (AvgIpc) is 2.96. The Kier molecular flexibility index (Phi) is 4.17. The molecular weight excluding hydrogens is 340 g/mol. The first-order valence-corrected chi connectivity index (χ1v) is 10.5. The Labute approximate surface area is 137 Å². The normalized spacial score (nSPS) is 23.7. The third kappa shape index (κ3) is 3.61. The van der Waals surface area contributed by atoms with Crippen molar-refractivity contribution in [2.45, 2.75) is 23.2 Å². The standard InChI is InChI=1S/C14H16N2O3S3/c1-14(6-7-22(18,19)9-14)16-12(17)8-20-13-15-10-4-2-3-5-11(10)21-13/h2-5H,6-9H2,1H3,(H,16,17)/t14-/m1/s1. The fourth-order valence-corrected chi connectivity index (χ4v) is 6.48. The lowest BCUT2D eigenvalue weighted by atomic mass is 10.0. The van der Waals surface area contributed by atoms with Gasteiger partial charge in [-0.05, 0) is 25.5 Å². The molecule has 0 spiro atoms. The molecule has 0 aliphatic carbocycles. The summed E-state index contributed by atoms with van der Waals surface area (Å²) in [5.41, 5.74) is 0.300. The number of thioether (sulfide) groups is 1. The maximum Gasteiger partial charge on any atom is 0.230 e. The second-order valence-electron chi connectivity index (χ2n) is 5.69. The van der Waals surface area contributed by atoms with Gasteiger partial charge in [0.1, 0.15) is 0 Å². The number of thiazole rings is 1. The van der Waals surface area contributed by atoms with Gasteiger partial charge in [-0.2, -0.15) is 0 Å². The number of fused-ring (bicyclic) bond motifs is 1. The van der Waals surface area contributed by atoms with Gasteiger partial charge in [0.05, 0.1) is 33.0 Å². The van der Waals surface area contributed by atoms with E-state index in [1.807, 2.05) is 24.3 Å². The summed E-state index contributed by atoms with van der Waals surface area (Å²) in [5, 5.41) is 2.85. The fraction of sp³-hybridized carbons (Fsp3) is 0.429. The molecule has 1 aromatic carbocycles. The molecule has 2 aromatic rings. The Morgan fingerprint density at radius 1 is 1.45 bits per heavy atom. The van der Waals surface area contributed by atoms with E-state index in [0.29, 0.717) is 6.42 Å². The van der Waals surface area contributed by atoms with E-state index in [0.717, 1.165) is 14.6 Å². The highest BCUT2D eigenvalue weighted by Crippen LogP contribution is 2.29. The van der Waals surface area contributed by atoms with Gasteiger partial charge in [-0.25, -0.2) is 13.4 Å². The van der Waals surface area contributed by atoms with Crippen LogP contribution in [0.3, 0.4) is 0 Å². The molecule has 1 fully saturated rings. The lowest BCUT2D eigenvalue weighted by molar-refractivity contribution is -0.120. The van der Waals surface area contributed by atoms with Crippen molar-refractivity contribution in [3.8, 4) is 0 Å². The van der Waals surface area contributed by atoms with E-state index in [-0.39, 0.29) is 23.2 Å². The summed E-state index contributed by atoms with van der Waals surface area (Å²) in [5.74, 6) is 0.269. The third-order valence-electron chi connectivity index (χ3n) is 3.55. The highest BCUT2D eigenvalue weighted by Gasteiger charge is 2.39. The summed E-state index contributed by atoms with van der Waals surface area (Å²) in [6.07, 6.45) is 0.479. The zero-order valence-corrected chi connectivity index (χ0v) is 14.5. The molecule has 0 radical (unpaired) electrons. The molecule has 1 N–H and O–H groups in total. The molecule has 5 nitrogen and oxygen atoms in total. The highest BCUT2D eigenvalue weighted by atomic mass is 32.2. The number of hydrogen-bond donors (Lipinski definition) is 1. The highest BCUT2D eigenvalue weighted by molar-refractivity contribution is 8.01. The molecule has 0 unspecified atom stereocenters. The number of amides is 1.